The summed E-state index contributed by atoms with van der Waals surface area (Å²) in [6.45, 7) is 1.63. The van der Waals surface area contributed by atoms with Crippen molar-refractivity contribution in [2.75, 3.05) is 32.5 Å². The number of ether oxygens (including phenoxy) is 1. The van der Waals surface area contributed by atoms with Crippen molar-refractivity contribution in [2.24, 2.45) is 0 Å². The summed E-state index contributed by atoms with van der Waals surface area (Å²) >= 11 is 0. The average molecular weight is 364 g/mol. The van der Waals surface area contributed by atoms with E-state index in [2.05, 4.69) is 15.5 Å². The first-order valence-corrected chi connectivity index (χ1v) is 8.71. The van der Waals surface area contributed by atoms with E-state index in [1.807, 2.05) is 50.5 Å². The number of carbonyl (C=O) groups excluding carboxylic acids is 1. The molecule has 0 spiro atoms. The normalized spacial score (nSPS) is 11.0. The molecule has 0 atom stereocenters. The highest BCUT2D eigenvalue weighted by Crippen LogP contribution is 2.22. The zero-order chi connectivity index (χ0) is 19.5. The van der Waals surface area contributed by atoms with E-state index in [0.29, 0.717) is 18.0 Å². The molecule has 2 N–H and O–H groups in total. The molecule has 0 saturated heterocycles. The molecule has 0 aromatic heterocycles. The molecule has 2 aromatic carbocycles. The van der Waals surface area contributed by atoms with Crippen LogP contribution in [0.1, 0.15) is 6.42 Å². The quantitative estimate of drug-likeness (QED) is 0.405. The second-order valence-corrected chi connectivity index (χ2v) is 6.17. The largest absolute Gasteiger partial charge is 0.457 e. The molecule has 2 aromatic rings. The average Bonchev–Trinajstić information content (AvgIpc) is 2.66. The van der Waals surface area contributed by atoms with Crippen LogP contribution in [0.2, 0.25) is 0 Å². The number of anilines is 1. The molecule has 140 valence electrons. The number of amides is 1. The van der Waals surface area contributed by atoms with Crippen LogP contribution in [0.5, 0.6) is 11.5 Å². The molecule has 0 heterocycles. The summed E-state index contributed by atoms with van der Waals surface area (Å²) in [5.74, 6) is 0.955. The van der Waals surface area contributed by atoms with Gasteiger partial charge in [0.2, 0.25) is 0 Å². The number of para-hydroxylation sites is 1. The zero-order valence-electron chi connectivity index (χ0n) is 15.6. The first-order valence-electron chi connectivity index (χ1n) is 8.71. The zero-order valence-corrected chi connectivity index (χ0v) is 15.6. The summed E-state index contributed by atoms with van der Waals surface area (Å²) in [5, 5.41) is 14.9. The Morgan fingerprint density at radius 2 is 1.78 bits per heavy atom. The topological polar surface area (TPSA) is 77.4 Å². The molecule has 6 heteroatoms. The minimum atomic E-state index is -0.450. The van der Waals surface area contributed by atoms with Crippen LogP contribution < -0.4 is 15.4 Å². The fraction of sp³-hybridized carbons (Fsp3) is 0.238. The number of nitriles is 1. The van der Waals surface area contributed by atoms with Gasteiger partial charge in [-0.25, -0.2) is 0 Å². The molecule has 0 saturated carbocycles. The number of nitrogens with one attached hydrogen (secondary N) is 2. The van der Waals surface area contributed by atoms with Crippen molar-refractivity contribution in [3.63, 3.8) is 0 Å². The number of benzene rings is 2. The van der Waals surface area contributed by atoms with Gasteiger partial charge >= 0.3 is 0 Å². The second kappa shape index (κ2) is 10.6. The van der Waals surface area contributed by atoms with Gasteiger partial charge in [0, 0.05) is 18.4 Å². The van der Waals surface area contributed by atoms with Gasteiger partial charge in [-0.05, 0) is 63.5 Å². The monoisotopic (exact) mass is 364 g/mol. The van der Waals surface area contributed by atoms with E-state index in [9.17, 15) is 10.1 Å². The summed E-state index contributed by atoms with van der Waals surface area (Å²) in [6.07, 6.45) is 2.38. The Morgan fingerprint density at radius 1 is 1.11 bits per heavy atom. The van der Waals surface area contributed by atoms with Gasteiger partial charge in [-0.15, -0.1) is 0 Å². The van der Waals surface area contributed by atoms with Crippen LogP contribution in [0.15, 0.2) is 66.4 Å². The molecule has 6 nitrogen and oxygen atoms in total. The second-order valence-electron chi connectivity index (χ2n) is 6.17. The number of carbonyl (C=O) groups is 1. The Balaban J connectivity index is 1.87. The summed E-state index contributed by atoms with van der Waals surface area (Å²) in [6, 6.07) is 18.4. The van der Waals surface area contributed by atoms with Crippen molar-refractivity contribution in [1.82, 2.24) is 10.2 Å². The highest BCUT2D eigenvalue weighted by atomic mass is 16.5. The third-order valence-electron chi connectivity index (χ3n) is 3.63. The summed E-state index contributed by atoms with van der Waals surface area (Å²) in [5.41, 5.74) is 0.624. The fourth-order valence-corrected chi connectivity index (χ4v) is 2.25. The maximum Gasteiger partial charge on any atom is 0.267 e. The lowest BCUT2D eigenvalue weighted by Gasteiger charge is -2.09. The van der Waals surface area contributed by atoms with E-state index in [-0.39, 0.29) is 5.57 Å². The van der Waals surface area contributed by atoms with Crippen LogP contribution in [0.3, 0.4) is 0 Å². The molecular formula is C21H24N4O2. The van der Waals surface area contributed by atoms with Gasteiger partial charge in [0.15, 0.2) is 0 Å². The van der Waals surface area contributed by atoms with Crippen LogP contribution in [-0.2, 0) is 4.79 Å². The van der Waals surface area contributed by atoms with E-state index in [0.717, 1.165) is 18.7 Å². The first-order chi connectivity index (χ1) is 13.1. The number of nitrogens with zero attached hydrogens (tertiary/aromatic N) is 2. The lowest BCUT2D eigenvalue weighted by Crippen LogP contribution is -2.20. The van der Waals surface area contributed by atoms with Crippen LogP contribution in [-0.4, -0.2) is 38.0 Å². The van der Waals surface area contributed by atoms with Crippen molar-refractivity contribution in [2.45, 2.75) is 6.42 Å². The van der Waals surface area contributed by atoms with Crippen LogP contribution in [0, 0.1) is 11.3 Å². The van der Waals surface area contributed by atoms with Gasteiger partial charge in [0.25, 0.3) is 5.91 Å². The third kappa shape index (κ3) is 7.22. The van der Waals surface area contributed by atoms with E-state index >= 15 is 0 Å². The highest BCUT2D eigenvalue weighted by Gasteiger charge is 2.09. The van der Waals surface area contributed by atoms with E-state index in [1.54, 1.807) is 24.3 Å². The molecular weight excluding hydrogens is 340 g/mol. The smallest absolute Gasteiger partial charge is 0.267 e. The molecule has 1 amide bonds. The van der Waals surface area contributed by atoms with Crippen LogP contribution in [0.25, 0.3) is 0 Å². The van der Waals surface area contributed by atoms with E-state index in [1.165, 1.54) is 6.20 Å². The number of hydrogen-bond donors (Lipinski definition) is 2. The molecule has 27 heavy (non-hydrogen) atoms. The minimum absolute atomic E-state index is 0.0319. The van der Waals surface area contributed by atoms with Crippen molar-refractivity contribution in [3.05, 3.63) is 66.4 Å². The van der Waals surface area contributed by atoms with Crippen LogP contribution in [0.4, 0.5) is 5.69 Å². The minimum Gasteiger partial charge on any atom is -0.457 e. The lowest BCUT2D eigenvalue weighted by molar-refractivity contribution is -0.112. The van der Waals surface area contributed by atoms with Gasteiger partial charge in [0.1, 0.15) is 23.1 Å². The molecule has 0 radical (unpaired) electrons. The Morgan fingerprint density at radius 3 is 2.41 bits per heavy atom. The molecule has 0 bridgehead atoms. The van der Waals surface area contributed by atoms with E-state index < -0.39 is 5.91 Å². The standard InChI is InChI=1S/C21H24N4O2/c1-25(2)14-6-13-23-16-17(15-22)21(26)24-18-9-11-20(12-10-18)27-19-7-4-3-5-8-19/h3-5,7-12,16,23H,6,13-14H2,1-2H3,(H,24,26)/b17-16-. The summed E-state index contributed by atoms with van der Waals surface area (Å²) in [7, 11) is 4.00. The van der Waals surface area contributed by atoms with Gasteiger partial charge in [-0.3, -0.25) is 4.79 Å². The molecule has 0 aliphatic rings. The molecule has 0 aliphatic heterocycles. The van der Waals surface area contributed by atoms with E-state index in [4.69, 9.17) is 4.74 Å². The van der Waals surface area contributed by atoms with Gasteiger partial charge in [-0.2, -0.15) is 5.26 Å². The van der Waals surface area contributed by atoms with Gasteiger partial charge in [0.05, 0.1) is 0 Å². The highest BCUT2D eigenvalue weighted by molar-refractivity contribution is 6.06. The SMILES string of the molecule is CN(C)CCCN/C=C(/C#N)C(=O)Nc1ccc(Oc2ccccc2)cc1. The molecule has 2 rings (SSSR count). The summed E-state index contributed by atoms with van der Waals surface area (Å²) < 4.78 is 5.71. The predicted octanol–water partition coefficient (Wildman–Crippen LogP) is 3.37. The maximum absolute atomic E-state index is 12.2. The molecule has 0 aliphatic carbocycles. The van der Waals surface area contributed by atoms with Crippen molar-refractivity contribution >= 4 is 11.6 Å². The Labute approximate surface area is 160 Å². The maximum atomic E-state index is 12.2. The van der Waals surface area contributed by atoms with Gasteiger partial charge < -0.3 is 20.3 Å². The fourth-order valence-electron chi connectivity index (χ4n) is 2.25. The Bertz CT molecular complexity index is 793. The van der Waals surface area contributed by atoms with Crippen molar-refractivity contribution < 1.29 is 9.53 Å². The molecule has 0 fully saturated rings. The third-order valence-corrected chi connectivity index (χ3v) is 3.63. The first kappa shape index (κ1) is 20.0. The number of rotatable bonds is 9. The number of hydrogen-bond acceptors (Lipinski definition) is 5. The Kier molecular flexibility index (Phi) is 7.89. The lowest BCUT2D eigenvalue weighted by atomic mass is 10.2. The van der Waals surface area contributed by atoms with Crippen molar-refractivity contribution in [1.29, 1.82) is 5.26 Å². The van der Waals surface area contributed by atoms with Crippen LogP contribution >= 0.6 is 0 Å². The Hall–Kier alpha value is -3.30. The summed E-state index contributed by atoms with van der Waals surface area (Å²) in [4.78, 5) is 14.3. The van der Waals surface area contributed by atoms with Gasteiger partial charge in [-0.1, -0.05) is 18.2 Å². The predicted molar refractivity (Wildman–Crippen MR) is 106 cm³/mol. The molecule has 0 unspecified atom stereocenters. The van der Waals surface area contributed by atoms with Crippen molar-refractivity contribution in [3.8, 4) is 17.6 Å².